The van der Waals surface area contributed by atoms with E-state index in [1.165, 1.54) is 37.8 Å². The lowest BCUT2D eigenvalue weighted by Crippen LogP contribution is -2.24. The van der Waals surface area contributed by atoms with Crippen molar-refractivity contribution in [3.63, 3.8) is 0 Å². The number of nitrogens with zero attached hydrogens (tertiary/aromatic N) is 3. The van der Waals surface area contributed by atoms with Crippen molar-refractivity contribution < 1.29 is 4.79 Å². The van der Waals surface area contributed by atoms with Gasteiger partial charge >= 0.3 is 0 Å². The third-order valence-corrected chi connectivity index (χ3v) is 6.02. The van der Waals surface area contributed by atoms with Crippen LogP contribution in [-0.2, 0) is 6.54 Å². The zero-order valence-corrected chi connectivity index (χ0v) is 15.2. The average molecular weight is 354 g/mol. The first-order valence-electron chi connectivity index (χ1n) is 8.88. The Bertz CT molecular complexity index is 959. The van der Waals surface area contributed by atoms with E-state index in [0.29, 0.717) is 11.5 Å². The number of fused-ring (bicyclic) bond motifs is 1. The molecule has 3 aromatic heterocycles. The SMILES string of the molecule is Cc1csc(=NC(=O)c2c[nH]c3ncccc23)n1CC1CCCCC1. The molecule has 4 rings (SSSR count). The molecule has 3 heterocycles. The van der Waals surface area contributed by atoms with Crippen LogP contribution in [0.4, 0.5) is 0 Å². The largest absolute Gasteiger partial charge is 0.345 e. The Kier molecular flexibility index (Phi) is 4.53. The number of thiazole rings is 1. The summed E-state index contributed by atoms with van der Waals surface area (Å²) in [5.74, 6) is 0.492. The molecule has 25 heavy (non-hydrogen) atoms. The second-order valence-corrected chi connectivity index (χ2v) is 7.63. The molecule has 1 aliphatic rings. The normalized spacial score (nSPS) is 16.6. The van der Waals surface area contributed by atoms with Crippen LogP contribution in [0.1, 0.15) is 48.2 Å². The molecule has 1 N–H and O–H groups in total. The van der Waals surface area contributed by atoms with Crippen LogP contribution in [0.2, 0.25) is 0 Å². The zero-order valence-electron chi connectivity index (χ0n) is 14.4. The molecule has 5 nitrogen and oxygen atoms in total. The molecule has 6 heteroatoms. The molecule has 1 aliphatic carbocycles. The van der Waals surface area contributed by atoms with Crippen molar-refractivity contribution in [3.8, 4) is 0 Å². The highest BCUT2D eigenvalue weighted by Crippen LogP contribution is 2.25. The van der Waals surface area contributed by atoms with Crippen molar-refractivity contribution in [3.05, 3.63) is 46.0 Å². The van der Waals surface area contributed by atoms with Gasteiger partial charge in [-0.3, -0.25) is 4.79 Å². The third kappa shape index (κ3) is 3.31. The molecule has 1 fully saturated rings. The molecule has 0 saturated heterocycles. The van der Waals surface area contributed by atoms with E-state index in [4.69, 9.17) is 0 Å². The van der Waals surface area contributed by atoms with Crippen molar-refractivity contribution in [1.82, 2.24) is 14.5 Å². The van der Waals surface area contributed by atoms with E-state index in [1.54, 1.807) is 23.7 Å². The first kappa shape index (κ1) is 16.3. The molecule has 0 bridgehead atoms. The molecule has 0 aromatic carbocycles. The molecule has 0 atom stereocenters. The molecule has 3 aromatic rings. The van der Waals surface area contributed by atoms with Crippen molar-refractivity contribution in [2.24, 2.45) is 10.9 Å². The number of aromatic amines is 1. The maximum absolute atomic E-state index is 12.7. The van der Waals surface area contributed by atoms with Crippen molar-refractivity contribution in [1.29, 1.82) is 0 Å². The Balaban J connectivity index is 1.66. The lowest BCUT2D eigenvalue weighted by atomic mass is 9.89. The Morgan fingerprint density at radius 1 is 1.40 bits per heavy atom. The van der Waals surface area contributed by atoms with Crippen LogP contribution in [0.25, 0.3) is 11.0 Å². The highest BCUT2D eigenvalue weighted by atomic mass is 32.1. The van der Waals surface area contributed by atoms with Crippen LogP contribution in [0.15, 0.2) is 34.9 Å². The lowest BCUT2D eigenvalue weighted by Gasteiger charge is -2.22. The minimum atomic E-state index is -0.210. The van der Waals surface area contributed by atoms with Crippen molar-refractivity contribution in [2.45, 2.75) is 45.6 Å². The topological polar surface area (TPSA) is 63.0 Å². The summed E-state index contributed by atoms with van der Waals surface area (Å²) in [4.78, 5) is 25.2. The van der Waals surface area contributed by atoms with Crippen LogP contribution in [0, 0.1) is 12.8 Å². The van der Waals surface area contributed by atoms with Gasteiger partial charge in [0, 0.05) is 35.4 Å². The summed E-state index contributed by atoms with van der Waals surface area (Å²) < 4.78 is 2.21. The number of aryl methyl sites for hydroxylation is 1. The van der Waals surface area contributed by atoms with E-state index in [9.17, 15) is 4.79 Å². The number of aromatic nitrogens is 3. The number of carbonyl (C=O) groups excluding carboxylic acids is 1. The predicted molar refractivity (Wildman–Crippen MR) is 99.6 cm³/mol. The number of rotatable bonds is 3. The Morgan fingerprint density at radius 2 is 2.24 bits per heavy atom. The fraction of sp³-hybridized carbons (Fsp3) is 0.421. The van der Waals surface area contributed by atoms with Crippen LogP contribution < -0.4 is 4.80 Å². The number of hydrogen-bond acceptors (Lipinski definition) is 3. The first-order valence-corrected chi connectivity index (χ1v) is 9.76. The van der Waals surface area contributed by atoms with E-state index >= 15 is 0 Å². The molecular weight excluding hydrogens is 332 g/mol. The second-order valence-electron chi connectivity index (χ2n) is 6.79. The molecule has 1 saturated carbocycles. The molecular formula is C19H22N4OS. The van der Waals surface area contributed by atoms with Gasteiger partial charge < -0.3 is 9.55 Å². The fourth-order valence-corrected chi connectivity index (χ4v) is 4.52. The number of carbonyl (C=O) groups is 1. The van der Waals surface area contributed by atoms with Gasteiger partial charge in [-0.15, -0.1) is 11.3 Å². The average Bonchev–Trinajstić information content (AvgIpc) is 3.21. The Labute approximate surface area is 150 Å². The van der Waals surface area contributed by atoms with Gasteiger partial charge in [-0.05, 0) is 37.8 Å². The highest BCUT2D eigenvalue weighted by Gasteiger charge is 2.17. The fourth-order valence-electron chi connectivity index (χ4n) is 3.63. The number of amides is 1. The van der Waals surface area contributed by atoms with E-state index < -0.39 is 0 Å². The maximum Gasteiger partial charge on any atom is 0.281 e. The van der Waals surface area contributed by atoms with Crippen molar-refractivity contribution in [2.75, 3.05) is 0 Å². The molecule has 0 aliphatic heterocycles. The molecule has 130 valence electrons. The summed E-state index contributed by atoms with van der Waals surface area (Å²) in [5, 5.41) is 2.91. The summed E-state index contributed by atoms with van der Waals surface area (Å²) in [5.41, 5.74) is 2.49. The van der Waals surface area contributed by atoms with Gasteiger partial charge in [-0.1, -0.05) is 19.3 Å². The maximum atomic E-state index is 12.7. The molecule has 0 spiro atoms. The van der Waals surface area contributed by atoms with Gasteiger partial charge in [0.1, 0.15) is 5.65 Å². The standard InChI is InChI=1S/C19H22N4OS/c1-13-12-25-19(23(13)11-14-6-3-2-4-7-14)22-18(24)16-10-21-17-15(16)8-5-9-20-17/h5,8-10,12,14H,2-4,6-7,11H2,1H3,(H,20,21). The van der Waals surface area contributed by atoms with Crippen molar-refractivity contribution >= 4 is 28.3 Å². The third-order valence-electron chi connectivity index (χ3n) is 5.04. The number of H-pyrrole nitrogens is 1. The van der Waals surface area contributed by atoms with Crippen LogP contribution in [0.3, 0.4) is 0 Å². The summed E-state index contributed by atoms with van der Waals surface area (Å²) in [6.45, 7) is 3.06. The van der Waals surface area contributed by atoms with Crippen LogP contribution >= 0.6 is 11.3 Å². The minimum absolute atomic E-state index is 0.210. The number of pyridine rings is 1. The second kappa shape index (κ2) is 6.96. The molecule has 0 unspecified atom stereocenters. The quantitative estimate of drug-likeness (QED) is 0.771. The number of nitrogens with one attached hydrogen (secondary N) is 1. The number of hydrogen-bond donors (Lipinski definition) is 1. The smallest absolute Gasteiger partial charge is 0.281 e. The van der Waals surface area contributed by atoms with Crippen LogP contribution in [-0.4, -0.2) is 20.4 Å². The van der Waals surface area contributed by atoms with E-state index in [1.807, 2.05) is 12.1 Å². The Morgan fingerprint density at radius 3 is 3.08 bits per heavy atom. The summed E-state index contributed by atoms with van der Waals surface area (Å²) >= 11 is 1.55. The predicted octanol–water partition coefficient (Wildman–Crippen LogP) is 4.06. The van der Waals surface area contributed by atoms with E-state index in [0.717, 1.165) is 22.4 Å². The lowest BCUT2D eigenvalue weighted by molar-refractivity contribution is 0.0999. The molecule has 0 radical (unpaired) electrons. The summed E-state index contributed by atoms with van der Waals surface area (Å²) in [7, 11) is 0. The van der Waals surface area contributed by atoms with Crippen LogP contribution in [0.5, 0.6) is 0 Å². The van der Waals surface area contributed by atoms with Gasteiger partial charge in [0.05, 0.1) is 5.56 Å². The van der Waals surface area contributed by atoms with Gasteiger partial charge in [0.15, 0.2) is 4.80 Å². The van der Waals surface area contributed by atoms with E-state index in [-0.39, 0.29) is 5.91 Å². The van der Waals surface area contributed by atoms with E-state index in [2.05, 4.69) is 31.8 Å². The van der Waals surface area contributed by atoms with Gasteiger partial charge in [0.25, 0.3) is 5.91 Å². The summed E-state index contributed by atoms with van der Waals surface area (Å²) in [6, 6.07) is 3.74. The summed E-state index contributed by atoms with van der Waals surface area (Å²) in [6.07, 6.45) is 9.98. The minimum Gasteiger partial charge on any atom is -0.345 e. The van der Waals surface area contributed by atoms with Gasteiger partial charge in [-0.2, -0.15) is 4.99 Å². The Hall–Kier alpha value is -2.21. The highest BCUT2D eigenvalue weighted by molar-refractivity contribution is 7.07. The monoisotopic (exact) mass is 354 g/mol. The molecule has 1 amide bonds. The first-order chi connectivity index (χ1) is 12.2. The zero-order chi connectivity index (χ0) is 17.2. The van der Waals surface area contributed by atoms with Gasteiger partial charge in [-0.25, -0.2) is 4.98 Å². The van der Waals surface area contributed by atoms with Gasteiger partial charge in [0.2, 0.25) is 0 Å².